The van der Waals surface area contributed by atoms with Gasteiger partial charge in [-0.15, -0.1) is 0 Å². The van der Waals surface area contributed by atoms with Crippen LogP contribution in [0.25, 0.3) is 0 Å². The van der Waals surface area contributed by atoms with Gasteiger partial charge < -0.3 is 19.5 Å². The van der Waals surface area contributed by atoms with Gasteiger partial charge in [0, 0.05) is 5.69 Å². The second-order valence-corrected chi connectivity index (χ2v) is 5.65. The molecule has 0 saturated carbocycles. The van der Waals surface area contributed by atoms with E-state index < -0.39 is 12.1 Å². The van der Waals surface area contributed by atoms with Crippen molar-refractivity contribution in [3.63, 3.8) is 0 Å². The van der Waals surface area contributed by atoms with Gasteiger partial charge in [0.05, 0.1) is 19.3 Å². The first-order valence-electron chi connectivity index (χ1n) is 8.34. The Hall–Kier alpha value is -3.02. The molecule has 0 aliphatic rings. The summed E-state index contributed by atoms with van der Waals surface area (Å²) in [6.45, 7) is 5.52. The maximum Gasteiger partial charge on any atom is 0.338 e. The molecule has 0 saturated heterocycles. The van der Waals surface area contributed by atoms with Crippen LogP contribution in [0.1, 0.15) is 29.8 Å². The highest BCUT2D eigenvalue weighted by Crippen LogP contribution is 2.27. The van der Waals surface area contributed by atoms with Crippen LogP contribution in [0.5, 0.6) is 11.5 Å². The number of rotatable bonds is 7. The normalized spacial score (nSPS) is 11.4. The molecule has 6 heteroatoms. The fraction of sp³-hybridized carbons (Fsp3) is 0.300. The fourth-order valence-electron chi connectivity index (χ4n) is 2.29. The molecule has 1 N–H and O–H groups in total. The molecule has 0 bridgehead atoms. The van der Waals surface area contributed by atoms with Crippen molar-refractivity contribution in [2.45, 2.75) is 26.9 Å². The van der Waals surface area contributed by atoms with E-state index in [0.717, 1.165) is 5.56 Å². The summed E-state index contributed by atoms with van der Waals surface area (Å²) in [5, 5.41) is 2.79. The van der Waals surface area contributed by atoms with Gasteiger partial charge in [-0.25, -0.2) is 4.79 Å². The van der Waals surface area contributed by atoms with Crippen LogP contribution in [0.3, 0.4) is 0 Å². The van der Waals surface area contributed by atoms with Crippen molar-refractivity contribution in [2.75, 3.05) is 19.0 Å². The van der Waals surface area contributed by atoms with Gasteiger partial charge in [-0.2, -0.15) is 0 Å². The predicted molar refractivity (Wildman–Crippen MR) is 98.8 cm³/mol. The number of aryl methyl sites for hydroxylation is 1. The topological polar surface area (TPSA) is 73.9 Å². The molecule has 26 heavy (non-hydrogen) atoms. The second kappa shape index (κ2) is 8.89. The zero-order valence-corrected chi connectivity index (χ0v) is 15.4. The summed E-state index contributed by atoms with van der Waals surface area (Å²) in [5.74, 6) is 0.267. The minimum absolute atomic E-state index is 0.290. The summed E-state index contributed by atoms with van der Waals surface area (Å²) in [5.41, 5.74) is 1.75. The molecule has 2 rings (SSSR count). The molecule has 0 aliphatic heterocycles. The van der Waals surface area contributed by atoms with E-state index in [1.165, 1.54) is 7.11 Å². The lowest BCUT2D eigenvalue weighted by atomic mass is 10.1. The van der Waals surface area contributed by atoms with E-state index in [4.69, 9.17) is 14.2 Å². The van der Waals surface area contributed by atoms with Crippen molar-refractivity contribution in [2.24, 2.45) is 0 Å². The summed E-state index contributed by atoms with van der Waals surface area (Å²) >= 11 is 0. The number of methoxy groups -OCH3 is 1. The molecular weight excluding hydrogens is 334 g/mol. The first-order chi connectivity index (χ1) is 12.5. The zero-order valence-electron chi connectivity index (χ0n) is 15.4. The van der Waals surface area contributed by atoms with Gasteiger partial charge in [0.1, 0.15) is 0 Å². The van der Waals surface area contributed by atoms with E-state index in [2.05, 4.69) is 5.32 Å². The van der Waals surface area contributed by atoms with Crippen molar-refractivity contribution >= 4 is 17.6 Å². The van der Waals surface area contributed by atoms with Crippen LogP contribution < -0.4 is 14.8 Å². The number of carbonyl (C=O) groups is 2. The monoisotopic (exact) mass is 357 g/mol. The van der Waals surface area contributed by atoms with E-state index in [0.29, 0.717) is 22.7 Å². The minimum Gasteiger partial charge on any atom is -0.493 e. The Morgan fingerprint density at radius 3 is 2.46 bits per heavy atom. The maximum absolute atomic E-state index is 12.5. The standard InChI is InChI=1S/C20H23NO5/c1-5-25-20(23)15-11-10-13(2)16(12-15)21-19(22)14(3)26-18-9-7-6-8-17(18)24-4/h6-12,14H,5H2,1-4H3,(H,21,22)/t14-/m0/s1. The smallest absolute Gasteiger partial charge is 0.338 e. The fourth-order valence-corrected chi connectivity index (χ4v) is 2.29. The Bertz CT molecular complexity index is 788. The van der Waals surface area contributed by atoms with E-state index in [1.807, 2.05) is 13.0 Å². The maximum atomic E-state index is 12.5. The third-order valence-electron chi connectivity index (χ3n) is 3.75. The molecule has 0 aliphatic carbocycles. The Morgan fingerprint density at radius 2 is 1.81 bits per heavy atom. The molecule has 0 spiro atoms. The van der Waals surface area contributed by atoms with Crippen LogP contribution in [0.2, 0.25) is 0 Å². The SMILES string of the molecule is CCOC(=O)c1ccc(C)c(NC(=O)[C@H](C)Oc2ccccc2OC)c1. The van der Waals surface area contributed by atoms with E-state index >= 15 is 0 Å². The van der Waals surface area contributed by atoms with Crippen LogP contribution >= 0.6 is 0 Å². The van der Waals surface area contributed by atoms with Crippen LogP contribution in [0.4, 0.5) is 5.69 Å². The summed E-state index contributed by atoms with van der Waals surface area (Å²) in [7, 11) is 1.54. The third kappa shape index (κ3) is 4.75. The quantitative estimate of drug-likeness (QED) is 0.767. The van der Waals surface area contributed by atoms with Crippen LogP contribution in [0.15, 0.2) is 42.5 Å². The van der Waals surface area contributed by atoms with Crippen LogP contribution in [-0.2, 0) is 9.53 Å². The number of carbonyl (C=O) groups excluding carboxylic acids is 2. The van der Waals surface area contributed by atoms with Crippen molar-refractivity contribution in [3.8, 4) is 11.5 Å². The average molecular weight is 357 g/mol. The van der Waals surface area contributed by atoms with Gasteiger partial charge in [0.15, 0.2) is 17.6 Å². The lowest BCUT2D eigenvalue weighted by molar-refractivity contribution is -0.122. The summed E-state index contributed by atoms with van der Waals surface area (Å²) in [6, 6.07) is 12.1. The number of amides is 1. The number of hydrogen-bond acceptors (Lipinski definition) is 5. The number of para-hydroxylation sites is 2. The van der Waals surface area contributed by atoms with Crippen molar-refractivity contribution in [1.29, 1.82) is 0 Å². The van der Waals surface area contributed by atoms with Crippen LogP contribution in [-0.4, -0.2) is 31.7 Å². The average Bonchev–Trinajstić information content (AvgIpc) is 2.64. The molecule has 0 radical (unpaired) electrons. The molecule has 0 fully saturated rings. The molecule has 0 aromatic heterocycles. The lowest BCUT2D eigenvalue weighted by Crippen LogP contribution is -2.30. The molecule has 1 amide bonds. The summed E-state index contributed by atoms with van der Waals surface area (Å²) in [6.07, 6.45) is -0.753. The highest BCUT2D eigenvalue weighted by molar-refractivity contribution is 5.97. The van der Waals surface area contributed by atoms with Gasteiger partial charge in [0.2, 0.25) is 0 Å². The van der Waals surface area contributed by atoms with Gasteiger partial charge in [-0.3, -0.25) is 4.79 Å². The Kier molecular flexibility index (Phi) is 6.60. The number of anilines is 1. The van der Waals surface area contributed by atoms with E-state index in [-0.39, 0.29) is 12.5 Å². The molecule has 0 unspecified atom stereocenters. The Morgan fingerprint density at radius 1 is 1.12 bits per heavy atom. The van der Waals surface area contributed by atoms with Crippen molar-refractivity contribution in [1.82, 2.24) is 0 Å². The first kappa shape index (κ1) is 19.3. The number of benzene rings is 2. The third-order valence-corrected chi connectivity index (χ3v) is 3.75. The largest absolute Gasteiger partial charge is 0.493 e. The Balaban J connectivity index is 2.11. The molecule has 2 aromatic rings. The molecular formula is C20H23NO5. The van der Waals surface area contributed by atoms with E-state index in [9.17, 15) is 9.59 Å². The van der Waals surface area contributed by atoms with Crippen molar-refractivity contribution < 1.29 is 23.8 Å². The predicted octanol–water partition coefficient (Wildman–Crippen LogP) is 3.59. The molecule has 2 aromatic carbocycles. The van der Waals surface area contributed by atoms with Crippen LogP contribution in [0, 0.1) is 6.92 Å². The summed E-state index contributed by atoms with van der Waals surface area (Å²) < 4.78 is 15.9. The highest BCUT2D eigenvalue weighted by Gasteiger charge is 2.18. The van der Waals surface area contributed by atoms with E-state index in [1.54, 1.807) is 50.2 Å². The number of ether oxygens (including phenoxy) is 3. The minimum atomic E-state index is -0.753. The number of hydrogen-bond donors (Lipinski definition) is 1. The molecule has 138 valence electrons. The van der Waals surface area contributed by atoms with Crippen molar-refractivity contribution in [3.05, 3.63) is 53.6 Å². The molecule has 6 nitrogen and oxygen atoms in total. The lowest BCUT2D eigenvalue weighted by Gasteiger charge is -2.17. The zero-order chi connectivity index (χ0) is 19.1. The Labute approximate surface area is 153 Å². The highest BCUT2D eigenvalue weighted by atomic mass is 16.5. The molecule has 0 heterocycles. The number of nitrogens with one attached hydrogen (secondary N) is 1. The summed E-state index contributed by atoms with van der Waals surface area (Å²) in [4.78, 5) is 24.3. The second-order valence-electron chi connectivity index (χ2n) is 5.65. The number of esters is 1. The van der Waals surface area contributed by atoms with Gasteiger partial charge >= 0.3 is 5.97 Å². The molecule has 1 atom stereocenters. The van der Waals surface area contributed by atoms with Gasteiger partial charge in [-0.1, -0.05) is 18.2 Å². The van der Waals surface area contributed by atoms with Gasteiger partial charge in [-0.05, 0) is 50.6 Å². The van der Waals surface area contributed by atoms with Gasteiger partial charge in [0.25, 0.3) is 5.91 Å². The first-order valence-corrected chi connectivity index (χ1v) is 8.34.